The maximum absolute atomic E-state index is 14.2. The molecule has 3 fully saturated rings. The van der Waals surface area contributed by atoms with Gasteiger partial charge in [-0.05, 0) is 43.5 Å². The maximum Gasteiger partial charge on any atom is 0.293 e. The van der Waals surface area contributed by atoms with Gasteiger partial charge in [-0.25, -0.2) is 25.9 Å². The molecule has 0 unspecified atom stereocenters. The number of hydrogen-bond acceptors (Lipinski definition) is 6. The molecule has 0 bridgehead atoms. The number of Topliss-reactive ketones (excluding diaryl/α,β-unsaturated/α-hetero) is 1. The van der Waals surface area contributed by atoms with Crippen LogP contribution in [0, 0.1) is 18.2 Å². The molecule has 0 atom stereocenters. The smallest absolute Gasteiger partial charge is 0.293 e. The molecule has 11 nitrogen and oxygen atoms in total. The first-order chi connectivity index (χ1) is 20.4. The van der Waals surface area contributed by atoms with Crippen LogP contribution in [0.25, 0.3) is 0 Å². The van der Waals surface area contributed by atoms with Crippen molar-refractivity contribution >= 4 is 50.8 Å². The van der Waals surface area contributed by atoms with Crippen molar-refractivity contribution in [2.75, 3.05) is 37.8 Å². The zero-order chi connectivity index (χ0) is 32.0. The minimum absolute atomic E-state index is 0.0331. The van der Waals surface area contributed by atoms with Gasteiger partial charge in [0.15, 0.2) is 0 Å². The van der Waals surface area contributed by atoms with Crippen LogP contribution in [0.3, 0.4) is 0 Å². The number of aromatic nitrogens is 1. The van der Waals surface area contributed by atoms with E-state index in [1.54, 1.807) is 4.57 Å². The minimum atomic E-state index is -3.38. The van der Waals surface area contributed by atoms with Gasteiger partial charge in [0.25, 0.3) is 23.5 Å². The molecule has 16 heteroatoms. The third kappa shape index (κ3) is 4.98. The molecule has 3 aliphatic heterocycles. The molecule has 2 aromatic rings. The lowest BCUT2D eigenvalue weighted by Gasteiger charge is -2.61. The highest BCUT2D eigenvalue weighted by molar-refractivity contribution is 7.88. The molecule has 4 heterocycles. The Labute approximate surface area is 255 Å². The average molecular weight is 656 g/mol. The molecule has 236 valence electrons. The van der Waals surface area contributed by atoms with E-state index in [1.807, 2.05) is 0 Å². The first-order valence-corrected chi connectivity index (χ1v) is 16.1. The Morgan fingerprint density at radius 3 is 2.30 bits per heavy atom. The number of likely N-dealkylation sites (tertiary alicyclic amines) is 1. The van der Waals surface area contributed by atoms with Gasteiger partial charge in [0.2, 0.25) is 15.9 Å². The molecule has 2 N–H and O–H groups in total. The Bertz CT molecular complexity index is 1740. The zero-order valence-electron chi connectivity index (χ0n) is 23.8. The quantitative estimate of drug-likeness (QED) is 0.347. The number of sulfonamides is 1. The van der Waals surface area contributed by atoms with E-state index in [-0.39, 0.29) is 53.7 Å². The van der Waals surface area contributed by atoms with E-state index in [1.165, 1.54) is 28.3 Å². The summed E-state index contributed by atoms with van der Waals surface area (Å²) in [6.45, 7) is 2.62. The van der Waals surface area contributed by atoms with Crippen LogP contribution in [-0.2, 0) is 32.6 Å². The third-order valence-corrected chi connectivity index (χ3v) is 10.4. The van der Waals surface area contributed by atoms with Gasteiger partial charge in [-0.1, -0.05) is 11.6 Å². The summed E-state index contributed by atoms with van der Waals surface area (Å²) in [7, 11) is -3.38. The summed E-state index contributed by atoms with van der Waals surface area (Å²) in [5.74, 6) is -7.54. The number of carbonyl (C=O) groups is 4. The SMILES string of the molecule is Cc1c(C(=O)C(=O)NC2(C(=O)N3CC4(C3)CN(S(C)(=O)=O)C4)CC(F)(F)C2)c2n(c1C(=O)Nc1ccc(F)c(Cl)c1)CCC2. The number of ketones is 1. The van der Waals surface area contributed by atoms with Crippen molar-refractivity contribution in [2.24, 2.45) is 5.41 Å². The van der Waals surface area contributed by atoms with E-state index in [0.717, 1.165) is 12.3 Å². The number of carbonyl (C=O) groups excluding carboxylic acids is 4. The summed E-state index contributed by atoms with van der Waals surface area (Å²) in [5.41, 5.74) is -1.50. The average Bonchev–Trinajstić information content (AvgIpc) is 3.41. The van der Waals surface area contributed by atoms with Crippen molar-refractivity contribution in [1.82, 2.24) is 19.1 Å². The van der Waals surface area contributed by atoms with Crippen molar-refractivity contribution in [3.05, 3.63) is 51.6 Å². The Morgan fingerprint density at radius 2 is 1.70 bits per heavy atom. The van der Waals surface area contributed by atoms with Gasteiger partial charge in [0, 0.05) is 62.4 Å². The van der Waals surface area contributed by atoms with E-state index in [9.17, 15) is 40.8 Å². The zero-order valence-corrected chi connectivity index (χ0v) is 25.4. The van der Waals surface area contributed by atoms with Gasteiger partial charge < -0.3 is 20.1 Å². The molecule has 6 rings (SSSR count). The van der Waals surface area contributed by atoms with Crippen molar-refractivity contribution in [3.8, 4) is 0 Å². The maximum atomic E-state index is 14.2. The van der Waals surface area contributed by atoms with E-state index >= 15 is 0 Å². The molecule has 1 aromatic heterocycles. The molecule has 1 aromatic carbocycles. The molecule has 3 amide bonds. The fourth-order valence-electron chi connectivity index (χ4n) is 6.93. The highest BCUT2D eigenvalue weighted by Gasteiger charge is 2.66. The highest BCUT2D eigenvalue weighted by Crippen LogP contribution is 2.49. The number of halogens is 4. The highest BCUT2D eigenvalue weighted by atomic mass is 35.5. The summed E-state index contributed by atoms with van der Waals surface area (Å²) in [6.07, 6.45) is 0.101. The molecule has 1 saturated carbocycles. The Morgan fingerprint density at radius 1 is 1.05 bits per heavy atom. The van der Waals surface area contributed by atoms with Gasteiger partial charge in [-0.3, -0.25) is 19.2 Å². The molecule has 2 saturated heterocycles. The molecular formula is C28H29ClF3N5O6S. The van der Waals surface area contributed by atoms with Crippen LogP contribution in [0.2, 0.25) is 5.02 Å². The summed E-state index contributed by atoms with van der Waals surface area (Å²) >= 11 is 5.82. The number of nitrogens with zero attached hydrogens (tertiary/aromatic N) is 3. The Hall–Kier alpha value is -3.43. The molecule has 1 aliphatic carbocycles. The number of hydrogen-bond donors (Lipinski definition) is 2. The summed E-state index contributed by atoms with van der Waals surface area (Å²) in [4.78, 5) is 54.9. The predicted molar refractivity (Wildman–Crippen MR) is 152 cm³/mol. The fraction of sp³-hybridized carbons (Fsp3) is 0.500. The second-order valence-corrected chi connectivity index (χ2v) is 14.8. The van der Waals surface area contributed by atoms with Gasteiger partial charge in [-0.15, -0.1) is 0 Å². The lowest BCUT2D eigenvalue weighted by Crippen LogP contribution is -2.78. The second kappa shape index (κ2) is 10.0. The molecule has 44 heavy (non-hydrogen) atoms. The largest absolute Gasteiger partial charge is 0.340 e. The van der Waals surface area contributed by atoms with Gasteiger partial charge in [0.05, 0.1) is 16.8 Å². The van der Waals surface area contributed by atoms with Crippen LogP contribution < -0.4 is 10.6 Å². The molecular weight excluding hydrogens is 627 g/mol. The Balaban J connectivity index is 1.20. The van der Waals surface area contributed by atoms with Crippen LogP contribution in [0.15, 0.2) is 18.2 Å². The summed E-state index contributed by atoms with van der Waals surface area (Å²) < 4.78 is 68.3. The van der Waals surface area contributed by atoms with Crippen LogP contribution in [0.1, 0.15) is 51.4 Å². The standard InChI is InChI=1S/C28H29ClF3N5O6S/c1-15-20(19-4-3-7-37(19)21(15)23(39)33-16-5-6-18(30)17(29)8-16)22(38)24(40)34-27(9-28(31,32)10-27)25(41)35-11-26(12-35)13-36(14-26)44(2,42)43/h5-6,8H,3-4,7,9-14H2,1-2H3,(H,33,39)(H,34,40). The first kappa shape index (κ1) is 30.6. The molecule has 1 spiro atoms. The topological polar surface area (TPSA) is 138 Å². The van der Waals surface area contributed by atoms with Crippen LogP contribution >= 0.6 is 11.6 Å². The number of anilines is 1. The monoisotopic (exact) mass is 655 g/mol. The van der Waals surface area contributed by atoms with Crippen LogP contribution in [0.4, 0.5) is 18.9 Å². The fourth-order valence-corrected chi connectivity index (χ4v) is 8.13. The molecule has 0 radical (unpaired) electrons. The number of rotatable bonds is 7. The van der Waals surface area contributed by atoms with Crippen molar-refractivity contribution in [1.29, 1.82) is 0 Å². The van der Waals surface area contributed by atoms with Crippen LogP contribution in [0.5, 0.6) is 0 Å². The summed E-state index contributed by atoms with van der Waals surface area (Å²) in [6, 6.07) is 3.64. The number of alkyl halides is 2. The Kier molecular flexibility index (Phi) is 6.98. The third-order valence-electron chi connectivity index (χ3n) is 8.95. The normalized spacial score (nSPS) is 21.1. The lowest BCUT2D eigenvalue weighted by molar-refractivity contribution is -0.187. The number of amides is 3. The van der Waals surface area contributed by atoms with E-state index in [0.29, 0.717) is 25.1 Å². The lowest BCUT2D eigenvalue weighted by atomic mass is 9.68. The van der Waals surface area contributed by atoms with E-state index in [2.05, 4.69) is 10.6 Å². The van der Waals surface area contributed by atoms with E-state index < -0.39 is 69.1 Å². The number of nitrogens with one attached hydrogen (secondary N) is 2. The van der Waals surface area contributed by atoms with Crippen LogP contribution in [-0.4, -0.2) is 89.6 Å². The van der Waals surface area contributed by atoms with Crippen molar-refractivity contribution in [2.45, 2.75) is 50.6 Å². The summed E-state index contributed by atoms with van der Waals surface area (Å²) in [5, 5.41) is 4.73. The van der Waals surface area contributed by atoms with Crippen molar-refractivity contribution < 1.29 is 40.8 Å². The van der Waals surface area contributed by atoms with Gasteiger partial charge >= 0.3 is 0 Å². The minimum Gasteiger partial charge on any atom is -0.340 e. The number of benzene rings is 1. The van der Waals surface area contributed by atoms with Crippen molar-refractivity contribution in [3.63, 3.8) is 0 Å². The predicted octanol–water partition coefficient (Wildman–Crippen LogP) is 2.36. The molecule has 4 aliphatic rings. The number of fused-ring (bicyclic) bond motifs is 1. The van der Waals surface area contributed by atoms with Gasteiger partial charge in [0.1, 0.15) is 17.1 Å². The first-order valence-electron chi connectivity index (χ1n) is 13.9. The van der Waals surface area contributed by atoms with Gasteiger partial charge in [-0.2, -0.15) is 0 Å². The van der Waals surface area contributed by atoms with E-state index in [4.69, 9.17) is 11.6 Å². The second-order valence-electron chi connectivity index (χ2n) is 12.4.